The number of thiocarbonyl (C=S) groups is 1. The number of anilines is 1. The third kappa shape index (κ3) is 5.97. The van der Waals surface area contributed by atoms with E-state index < -0.39 is 28.3 Å². The van der Waals surface area contributed by atoms with E-state index in [9.17, 15) is 28.1 Å². The Labute approximate surface area is 223 Å². The number of nitro benzene ring substituents is 1. The molecule has 14 heteroatoms. The van der Waals surface area contributed by atoms with Gasteiger partial charge in [-0.25, -0.2) is 0 Å². The van der Waals surface area contributed by atoms with Crippen LogP contribution in [-0.2, 0) is 6.18 Å². The highest BCUT2D eigenvalue weighted by Crippen LogP contribution is 2.37. The quantitative estimate of drug-likeness (QED) is 0.232. The Balaban J connectivity index is 1.39. The second-order valence-corrected chi connectivity index (χ2v) is 9.21. The minimum atomic E-state index is -4.69. The number of nitrogens with zero attached hydrogens (tertiary/aromatic N) is 3. The highest BCUT2D eigenvalue weighted by Gasteiger charge is 2.34. The number of carbonyl (C=O) groups excluding carboxylic acids is 1. The highest BCUT2D eigenvalue weighted by atomic mass is 35.5. The number of hydrogen-bond acceptors (Lipinski definition) is 6. The van der Waals surface area contributed by atoms with Crippen molar-refractivity contribution in [1.29, 1.82) is 0 Å². The van der Waals surface area contributed by atoms with E-state index in [1.807, 2.05) is 0 Å². The fourth-order valence-electron chi connectivity index (χ4n) is 3.79. The summed E-state index contributed by atoms with van der Waals surface area (Å²) in [7, 11) is 0. The zero-order valence-electron chi connectivity index (χ0n) is 18.7. The summed E-state index contributed by atoms with van der Waals surface area (Å²) in [6, 6.07) is 10.3. The van der Waals surface area contributed by atoms with E-state index in [4.69, 9.17) is 39.8 Å². The number of nitro groups is 1. The van der Waals surface area contributed by atoms with Crippen LogP contribution in [0.5, 0.6) is 0 Å². The van der Waals surface area contributed by atoms with Crippen LogP contribution in [0.4, 0.5) is 24.5 Å². The molecule has 1 aromatic heterocycles. The topological polar surface area (TPSA) is 91.9 Å². The maximum absolute atomic E-state index is 13.0. The molecule has 8 nitrogen and oxygen atoms in total. The molecule has 1 aliphatic rings. The molecular formula is C23H17Cl2F3N4O4S. The van der Waals surface area contributed by atoms with Crippen LogP contribution < -0.4 is 10.2 Å². The fourth-order valence-corrected chi connectivity index (χ4v) is 4.45. The maximum atomic E-state index is 13.0. The maximum Gasteiger partial charge on any atom is 0.416 e. The van der Waals surface area contributed by atoms with Crippen LogP contribution in [0.1, 0.15) is 16.1 Å². The molecule has 0 saturated carbocycles. The first-order valence-electron chi connectivity index (χ1n) is 10.7. The number of furan rings is 1. The molecule has 2 heterocycles. The van der Waals surface area contributed by atoms with Gasteiger partial charge in [-0.15, -0.1) is 0 Å². The Kier molecular flexibility index (Phi) is 7.62. The van der Waals surface area contributed by atoms with Gasteiger partial charge in [0.25, 0.3) is 11.6 Å². The third-order valence-electron chi connectivity index (χ3n) is 5.65. The summed E-state index contributed by atoms with van der Waals surface area (Å²) in [4.78, 5) is 26.5. The van der Waals surface area contributed by atoms with Crippen LogP contribution in [0.25, 0.3) is 11.3 Å². The van der Waals surface area contributed by atoms with Crippen LogP contribution in [0, 0.1) is 10.1 Å². The molecule has 0 atom stereocenters. The van der Waals surface area contributed by atoms with Gasteiger partial charge in [-0.1, -0.05) is 23.2 Å². The van der Waals surface area contributed by atoms with Crippen LogP contribution in [0.2, 0.25) is 10.0 Å². The summed E-state index contributed by atoms with van der Waals surface area (Å²) >= 11 is 17.5. The van der Waals surface area contributed by atoms with Gasteiger partial charge in [-0.05, 0) is 54.7 Å². The third-order valence-corrected chi connectivity index (χ3v) is 6.58. The van der Waals surface area contributed by atoms with Gasteiger partial charge in [0.15, 0.2) is 10.9 Å². The molecule has 1 aliphatic heterocycles. The molecule has 2 aromatic carbocycles. The van der Waals surface area contributed by atoms with Gasteiger partial charge in [0.05, 0.1) is 15.5 Å². The minimum Gasteiger partial charge on any atom is -0.451 e. The monoisotopic (exact) mass is 572 g/mol. The van der Waals surface area contributed by atoms with Crippen molar-refractivity contribution in [3.8, 4) is 11.3 Å². The van der Waals surface area contributed by atoms with Crippen LogP contribution in [-0.4, -0.2) is 47.0 Å². The SMILES string of the molecule is O=C(NC(=S)N1CCN(c2ccc(C(F)(F)F)cc2[N+](=O)[O-])CC1)c1ccc(-c2cc(Cl)ccc2Cl)o1. The summed E-state index contributed by atoms with van der Waals surface area (Å²) in [6.07, 6.45) is -4.69. The average Bonchev–Trinajstić information content (AvgIpc) is 3.35. The van der Waals surface area contributed by atoms with Crippen molar-refractivity contribution in [3.63, 3.8) is 0 Å². The number of rotatable bonds is 4. The Bertz CT molecular complexity index is 1370. The molecule has 4 rings (SSSR count). The Morgan fingerprint density at radius 3 is 2.41 bits per heavy atom. The number of nitrogens with one attached hydrogen (secondary N) is 1. The summed E-state index contributed by atoms with van der Waals surface area (Å²) in [5.41, 5.74) is -1.13. The van der Waals surface area contributed by atoms with Gasteiger partial charge >= 0.3 is 6.18 Å². The zero-order chi connectivity index (χ0) is 26.9. The second-order valence-electron chi connectivity index (χ2n) is 7.98. The van der Waals surface area contributed by atoms with Gasteiger partial charge in [-0.2, -0.15) is 13.2 Å². The molecule has 0 spiro atoms. The molecule has 0 radical (unpaired) electrons. The summed E-state index contributed by atoms with van der Waals surface area (Å²) in [5, 5.41) is 14.9. The lowest BCUT2D eigenvalue weighted by Crippen LogP contribution is -2.52. The smallest absolute Gasteiger partial charge is 0.416 e. The average molecular weight is 573 g/mol. The van der Waals surface area contributed by atoms with Crippen LogP contribution in [0.3, 0.4) is 0 Å². The van der Waals surface area contributed by atoms with Crippen LogP contribution >= 0.6 is 35.4 Å². The van der Waals surface area contributed by atoms with E-state index in [1.165, 1.54) is 6.07 Å². The van der Waals surface area contributed by atoms with Crippen molar-refractivity contribution in [2.24, 2.45) is 0 Å². The predicted octanol–water partition coefficient (Wildman–Crippen LogP) is 6.02. The molecule has 1 N–H and O–H groups in total. The first-order chi connectivity index (χ1) is 17.4. The standard InChI is InChI=1S/C23H17Cl2F3N4O4S/c24-14-2-3-16(25)15(12-14)19-5-6-20(36-19)21(33)29-22(37)31-9-7-30(8-10-31)17-4-1-13(23(26,27)28)11-18(17)32(34)35/h1-6,11-12H,7-10H2,(H,29,33,37). The number of amides is 1. The molecule has 0 aliphatic carbocycles. The molecule has 1 amide bonds. The highest BCUT2D eigenvalue weighted by molar-refractivity contribution is 7.80. The van der Waals surface area contributed by atoms with Gasteiger partial charge in [0.1, 0.15) is 11.4 Å². The van der Waals surface area contributed by atoms with E-state index in [1.54, 1.807) is 34.1 Å². The summed E-state index contributed by atoms with van der Waals surface area (Å²) < 4.78 is 44.6. The van der Waals surface area contributed by atoms with E-state index in [2.05, 4.69) is 5.32 Å². The van der Waals surface area contributed by atoms with Gasteiger partial charge in [0.2, 0.25) is 0 Å². The first kappa shape index (κ1) is 26.7. The Morgan fingerprint density at radius 1 is 1.05 bits per heavy atom. The summed E-state index contributed by atoms with van der Waals surface area (Å²) in [6.45, 7) is 1.03. The Hall–Kier alpha value is -3.35. The lowest BCUT2D eigenvalue weighted by atomic mass is 10.1. The molecule has 3 aromatic rings. The van der Waals surface area contributed by atoms with E-state index in [0.717, 1.165) is 12.1 Å². The number of piperazine rings is 1. The molecule has 37 heavy (non-hydrogen) atoms. The van der Waals surface area contributed by atoms with Crippen molar-refractivity contribution < 1.29 is 27.3 Å². The number of halogens is 5. The largest absolute Gasteiger partial charge is 0.451 e. The van der Waals surface area contributed by atoms with Crippen molar-refractivity contribution in [2.45, 2.75) is 6.18 Å². The van der Waals surface area contributed by atoms with Crippen molar-refractivity contribution in [3.05, 3.63) is 80.0 Å². The lowest BCUT2D eigenvalue weighted by Gasteiger charge is -2.37. The lowest BCUT2D eigenvalue weighted by molar-refractivity contribution is -0.384. The van der Waals surface area contributed by atoms with E-state index >= 15 is 0 Å². The normalized spacial score (nSPS) is 14.0. The van der Waals surface area contributed by atoms with Gasteiger partial charge in [0, 0.05) is 42.8 Å². The van der Waals surface area contributed by atoms with Crippen molar-refractivity contribution in [2.75, 3.05) is 31.1 Å². The van der Waals surface area contributed by atoms with Crippen molar-refractivity contribution >= 4 is 57.8 Å². The summed E-state index contributed by atoms with van der Waals surface area (Å²) in [5.74, 6) is -0.252. The minimum absolute atomic E-state index is 0.00703. The van der Waals surface area contributed by atoms with Crippen LogP contribution in [0.15, 0.2) is 52.9 Å². The van der Waals surface area contributed by atoms with Gasteiger partial charge < -0.3 is 14.2 Å². The Morgan fingerprint density at radius 2 is 1.76 bits per heavy atom. The number of carbonyl (C=O) groups is 1. The van der Waals surface area contributed by atoms with Gasteiger partial charge in [-0.3, -0.25) is 20.2 Å². The molecule has 1 saturated heterocycles. The number of benzene rings is 2. The molecule has 1 fully saturated rings. The van der Waals surface area contributed by atoms with E-state index in [0.29, 0.717) is 27.4 Å². The molecular weight excluding hydrogens is 556 g/mol. The number of alkyl halides is 3. The molecule has 0 bridgehead atoms. The van der Waals surface area contributed by atoms with Crippen molar-refractivity contribution in [1.82, 2.24) is 10.2 Å². The predicted molar refractivity (Wildman–Crippen MR) is 136 cm³/mol. The zero-order valence-corrected chi connectivity index (χ0v) is 21.0. The fraction of sp³-hybridized carbons (Fsp3) is 0.217. The van der Waals surface area contributed by atoms with E-state index in [-0.39, 0.29) is 42.7 Å². The molecule has 0 unspecified atom stereocenters. The second kappa shape index (κ2) is 10.6. The molecule has 194 valence electrons. The first-order valence-corrected chi connectivity index (χ1v) is 11.9. The number of hydrogen-bond donors (Lipinski definition) is 1.